The van der Waals surface area contributed by atoms with E-state index in [1.165, 1.54) is 63.0 Å². The van der Waals surface area contributed by atoms with Gasteiger partial charge < -0.3 is 13.7 Å². The Balaban J connectivity index is 0.642. The minimum Gasteiger partial charge on any atom is -0.309 e. The Labute approximate surface area is 733 Å². The van der Waals surface area contributed by atoms with E-state index in [0.29, 0.717) is 0 Å². The van der Waals surface area contributed by atoms with Gasteiger partial charge in [0, 0.05) is 49.3 Å². The number of benzene rings is 19. The number of para-hydroxylation sites is 10. The molecule has 26 aromatic rings. The van der Waals surface area contributed by atoms with Gasteiger partial charge in [0.2, 0.25) is 11.6 Å². The van der Waals surface area contributed by atoms with Crippen molar-refractivity contribution in [3.8, 4) is 50.7 Å². The van der Waals surface area contributed by atoms with Crippen LogP contribution in [0.1, 0.15) is 0 Å². The molecule has 0 aliphatic carbocycles. The molecule has 9 nitrogen and oxygen atoms in total. The molecule has 0 atom stereocenters. The number of nitrogens with zero attached hydrogens (tertiary/aromatic N) is 9. The summed E-state index contributed by atoms with van der Waals surface area (Å²) in [5, 5.41) is 17.4. The summed E-state index contributed by atoms with van der Waals surface area (Å²) in [5.41, 5.74) is 25.0. The van der Waals surface area contributed by atoms with Crippen molar-refractivity contribution in [1.82, 2.24) is 41.6 Å². The van der Waals surface area contributed by atoms with Gasteiger partial charge in [0.05, 0.1) is 94.3 Å². The molecule has 0 fully saturated rings. The predicted octanol–water partition coefficient (Wildman–Crippen LogP) is 22.6. The van der Waals surface area contributed by atoms with Gasteiger partial charge in [0.15, 0.2) is 16.1 Å². The van der Waals surface area contributed by atoms with E-state index in [-0.39, 0.29) is 0 Å². The zero-order chi connectivity index (χ0) is 83.4. The largest absolute Gasteiger partial charge is 0.309 e. The first-order valence-electron chi connectivity index (χ1n) is 43.6. The summed E-state index contributed by atoms with van der Waals surface area (Å²) < 4.78 is 17.0. The minimum atomic E-state index is -3.32. The fraction of sp³-hybridized carbons (Fsp3) is 0. The normalized spacial score (nSPS) is 12.3. The van der Waals surface area contributed by atoms with Crippen LogP contribution in [-0.4, -0.2) is 57.8 Å². The first-order valence-corrected chi connectivity index (χ1v) is 47.6. The highest BCUT2D eigenvalue weighted by Gasteiger charge is 2.44. The molecule has 26 rings (SSSR count). The summed E-state index contributed by atoms with van der Waals surface area (Å²) in [7, 11) is -6.34. The summed E-state index contributed by atoms with van der Waals surface area (Å²) in [4.78, 5) is 11.0. The van der Waals surface area contributed by atoms with Gasteiger partial charge in [-0.3, -0.25) is 17.9 Å². The molecule has 0 unspecified atom stereocenters. The van der Waals surface area contributed by atoms with Gasteiger partial charge in [-0.25, -0.2) is 9.97 Å². The van der Waals surface area contributed by atoms with Crippen molar-refractivity contribution in [2.24, 2.45) is 0 Å². The van der Waals surface area contributed by atoms with Crippen LogP contribution in [0, 0.1) is 0 Å². The molecule has 594 valence electrons. The lowest BCUT2D eigenvalue weighted by Gasteiger charge is -2.35. The molecule has 7 heterocycles. The molecule has 0 radical (unpaired) electrons. The third kappa shape index (κ3) is 10.7. The van der Waals surface area contributed by atoms with Crippen molar-refractivity contribution >= 4 is 179 Å². The average Bonchev–Trinajstić information content (AvgIpc) is 1.43. The molecular formula is C116H77N9Si2. The van der Waals surface area contributed by atoms with Crippen LogP contribution >= 0.6 is 0 Å². The maximum absolute atomic E-state index is 5.64. The van der Waals surface area contributed by atoms with Gasteiger partial charge in [-0.2, -0.15) is 0 Å². The SMILES string of the molecule is c1ccc(-c2ccc([Si](c3ccccc3)(c3ccccc3)c3ccccc3)cc2-n2c3ccc(-n4c5ccccc5c5cc(-c6ccc([Si](c7ccccc7)(c7ccccc7)c7ccc(-n8c9ccccc9c9ccccc98)c(-n8c9ccccc9c9cc(-n%10c%11ccccc%11n%11c%12ccccc%12nc%10%11)ccc98)c7)cc6)ccc54)cc3n3c4ccccc4nc23)cc1. The van der Waals surface area contributed by atoms with E-state index in [1.54, 1.807) is 0 Å². The molecule has 0 spiro atoms. The van der Waals surface area contributed by atoms with E-state index in [2.05, 4.69) is 499 Å². The van der Waals surface area contributed by atoms with Gasteiger partial charge in [-0.15, -0.1) is 0 Å². The fourth-order valence-corrected chi connectivity index (χ4v) is 31.1. The molecule has 0 aliphatic rings. The van der Waals surface area contributed by atoms with Crippen molar-refractivity contribution in [2.45, 2.75) is 0 Å². The third-order valence-electron chi connectivity index (χ3n) is 27.0. The average molecular weight is 1650 g/mol. The molecule has 19 aromatic carbocycles. The Morgan fingerprint density at radius 3 is 1.03 bits per heavy atom. The Morgan fingerprint density at radius 2 is 0.504 bits per heavy atom. The van der Waals surface area contributed by atoms with E-state index >= 15 is 0 Å². The van der Waals surface area contributed by atoms with E-state index in [0.717, 1.165) is 150 Å². The standard InChI is InChI=1S/C116H77N9Si2/c1-7-33-79(34-8-1)91-68-66-89(126(83-35-9-2-10-36-83,84-37-11-3-12-38-84)85-39-13-4-14-40-85)76-112(91)125-111-71-63-82(75-113(111)124-107-56-30-24-50-99(107)118-116(124)125)119-100-51-25-21-47-94(100)96-73-80(61-69-104(96)119)78-59-64-88(65-60-78)127(86-41-15-5-16-42-86,87-43-17-6-18-44-87)90-67-72-110(121-101-52-26-19-45-92(101)93-46-20-27-53-102(93)121)114(77-90)122-103-54-28-22-48-95(103)97-74-81(62-70-105(97)122)120-108-57-31-32-58-109(108)123-106-55-29-23-49-98(106)117-115(120)123/h1-77H. The van der Waals surface area contributed by atoms with Crippen molar-refractivity contribution in [3.05, 3.63) is 467 Å². The van der Waals surface area contributed by atoms with Gasteiger partial charge in [-0.1, -0.05) is 340 Å². The van der Waals surface area contributed by atoms with Gasteiger partial charge in [0.1, 0.15) is 0 Å². The monoisotopic (exact) mass is 1650 g/mol. The van der Waals surface area contributed by atoms with Crippen LogP contribution < -0.4 is 41.5 Å². The number of hydrogen-bond acceptors (Lipinski definition) is 2. The maximum atomic E-state index is 5.64. The van der Waals surface area contributed by atoms with Gasteiger partial charge in [-0.05, 0) is 186 Å². The first kappa shape index (κ1) is 72.2. The van der Waals surface area contributed by atoms with Crippen LogP contribution in [0.3, 0.4) is 0 Å². The van der Waals surface area contributed by atoms with Crippen LogP contribution in [0.25, 0.3) is 172 Å². The summed E-state index contributed by atoms with van der Waals surface area (Å²) >= 11 is 0. The summed E-state index contributed by atoms with van der Waals surface area (Å²) in [6.07, 6.45) is 0. The lowest BCUT2D eigenvalue weighted by Crippen LogP contribution is -2.74. The third-order valence-corrected chi connectivity index (χ3v) is 36.6. The Morgan fingerprint density at radius 1 is 0.165 bits per heavy atom. The number of hydrogen-bond donors (Lipinski definition) is 0. The second-order valence-corrected chi connectivity index (χ2v) is 41.1. The van der Waals surface area contributed by atoms with Gasteiger partial charge >= 0.3 is 0 Å². The van der Waals surface area contributed by atoms with Crippen LogP contribution in [-0.2, 0) is 0 Å². The zero-order valence-corrected chi connectivity index (χ0v) is 71.0. The highest BCUT2D eigenvalue weighted by atomic mass is 28.3. The van der Waals surface area contributed by atoms with Crippen LogP contribution in [0.2, 0.25) is 0 Å². The Kier molecular flexibility index (Phi) is 16.2. The molecule has 0 aliphatic heterocycles. The molecule has 0 amide bonds. The van der Waals surface area contributed by atoms with E-state index in [4.69, 9.17) is 9.97 Å². The van der Waals surface area contributed by atoms with Crippen LogP contribution in [0.4, 0.5) is 0 Å². The summed E-state index contributed by atoms with van der Waals surface area (Å²) in [6, 6.07) is 175. The van der Waals surface area contributed by atoms with Crippen molar-refractivity contribution in [3.63, 3.8) is 0 Å². The number of rotatable bonds is 15. The Hall–Kier alpha value is -16.4. The highest BCUT2D eigenvalue weighted by molar-refractivity contribution is 7.20. The molecule has 0 saturated carbocycles. The second-order valence-electron chi connectivity index (χ2n) is 33.5. The molecule has 0 saturated heterocycles. The number of fused-ring (bicyclic) bond motifs is 19. The van der Waals surface area contributed by atoms with Crippen molar-refractivity contribution in [1.29, 1.82) is 0 Å². The minimum absolute atomic E-state index is 0.848. The quantitative estimate of drug-likeness (QED) is 0.0759. The van der Waals surface area contributed by atoms with Crippen molar-refractivity contribution < 1.29 is 0 Å². The first-order chi connectivity index (χ1) is 63.0. The zero-order valence-electron chi connectivity index (χ0n) is 69.0. The number of aromatic nitrogens is 9. The number of imidazole rings is 4. The van der Waals surface area contributed by atoms with Crippen molar-refractivity contribution in [2.75, 3.05) is 0 Å². The lowest BCUT2D eigenvalue weighted by molar-refractivity contribution is 1.09. The molecule has 0 bridgehead atoms. The molecule has 11 heteroatoms. The molecule has 7 aromatic heterocycles. The van der Waals surface area contributed by atoms with E-state index in [9.17, 15) is 0 Å². The topological polar surface area (TPSA) is 59.2 Å². The Bertz CT molecular complexity index is 8700. The lowest BCUT2D eigenvalue weighted by atomic mass is 10.0. The summed E-state index contributed by atoms with van der Waals surface area (Å²) in [6.45, 7) is 0. The van der Waals surface area contributed by atoms with Crippen LogP contribution in [0.5, 0.6) is 0 Å². The second kappa shape index (κ2) is 28.6. The fourth-order valence-electron chi connectivity index (χ4n) is 21.6. The smallest absolute Gasteiger partial charge is 0.220 e. The maximum Gasteiger partial charge on any atom is 0.220 e. The van der Waals surface area contributed by atoms with E-state index in [1.807, 2.05) is 0 Å². The van der Waals surface area contributed by atoms with Gasteiger partial charge in [0.25, 0.3) is 0 Å². The molecule has 0 N–H and O–H groups in total. The molecule has 127 heavy (non-hydrogen) atoms. The summed E-state index contributed by atoms with van der Waals surface area (Å²) in [5.74, 6) is 1.73. The van der Waals surface area contributed by atoms with Crippen LogP contribution in [0.15, 0.2) is 467 Å². The highest BCUT2D eigenvalue weighted by Crippen LogP contribution is 2.44. The molecular weight excluding hydrogens is 1580 g/mol. The predicted molar refractivity (Wildman–Crippen MR) is 534 cm³/mol. The van der Waals surface area contributed by atoms with E-state index < -0.39 is 16.1 Å².